The van der Waals surface area contributed by atoms with Crippen molar-refractivity contribution >= 4 is 77.4 Å². The van der Waals surface area contributed by atoms with E-state index in [0.717, 1.165) is 134 Å². The number of anilines is 4. The number of unbranched alkanes of at least 4 members (excludes halogenated alkanes) is 8. The number of amides is 3. The fourth-order valence-corrected chi connectivity index (χ4v) is 11.2. The Morgan fingerprint density at radius 1 is 0.548 bits per heavy atom. The van der Waals surface area contributed by atoms with Gasteiger partial charge in [0.15, 0.2) is 0 Å². The summed E-state index contributed by atoms with van der Waals surface area (Å²) in [7, 11) is 1.95. The van der Waals surface area contributed by atoms with Crippen LogP contribution in [-0.2, 0) is 49.6 Å². The Kier molecular flexibility index (Phi) is 39.8. The predicted octanol–water partition coefficient (Wildman–Crippen LogP) is 0.509. The first-order chi connectivity index (χ1) is 44.1. The van der Waals surface area contributed by atoms with E-state index in [4.69, 9.17) is 35.4 Å². The number of hydrogen-bond donors (Lipinski definition) is 11. The normalized spacial score (nSPS) is 17.3. The number of nitrogens with two attached hydrogens (primary N) is 1. The van der Waals surface area contributed by atoms with E-state index in [1.54, 1.807) is 9.80 Å². The molecule has 529 valence electrons. The minimum atomic E-state index is -1.49. The zero-order valence-electron chi connectivity index (χ0n) is 53.4. The van der Waals surface area contributed by atoms with Gasteiger partial charge in [-0.1, -0.05) is 50.7 Å². The van der Waals surface area contributed by atoms with Gasteiger partial charge in [-0.15, -0.1) is 0 Å². The Morgan fingerprint density at radius 3 is 1.53 bits per heavy atom. The van der Waals surface area contributed by atoms with Crippen LogP contribution in [0.15, 0.2) is 24.3 Å². The third-order valence-corrected chi connectivity index (χ3v) is 16.3. The summed E-state index contributed by atoms with van der Waals surface area (Å²) in [6, 6.07) is 3.89. The van der Waals surface area contributed by atoms with Gasteiger partial charge < -0.3 is 72.3 Å². The molecule has 93 heavy (non-hydrogen) atoms. The number of likely N-dealkylation sites (N-methyl/N-ethyl adjacent to an activating group) is 1. The second-order valence-corrected chi connectivity index (χ2v) is 23.5. The topological polar surface area (TPSA) is 431 Å². The Hall–Kier alpha value is -6.48. The van der Waals surface area contributed by atoms with Gasteiger partial charge in [0.05, 0.1) is 19.6 Å². The molecule has 5 rings (SSSR count). The second-order valence-electron chi connectivity index (χ2n) is 23.5. The Balaban J connectivity index is 0.00000553. The van der Waals surface area contributed by atoms with Crippen molar-refractivity contribution in [3.63, 3.8) is 0 Å². The molecule has 33 heteroatoms. The quantitative estimate of drug-likeness (QED) is 0.0408. The first-order valence-corrected chi connectivity index (χ1v) is 31.9. The van der Waals surface area contributed by atoms with Crippen LogP contribution >= 0.6 is 0 Å². The maximum absolute atomic E-state index is 12.4. The minimum absolute atomic E-state index is 0. The zero-order valence-corrected chi connectivity index (χ0v) is 55.1. The molecular formula is C60H98LuN16O16. The van der Waals surface area contributed by atoms with Crippen molar-refractivity contribution in [2.75, 3.05) is 166 Å². The number of nitrogens with one attached hydrogen (secondary N) is 4. The Bertz CT molecular complexity index is 2630. The molecule has 1 unspecified atom stereocenters. The van der Waals surface area contributed by atoms with E-state index in [2.05, 4.69) is 45.8 Å². The molecule has 0 spiro atoms. The summed E-state index contributed by atoms with van der Waals surface area (Å²) in [5, 5.41) is 67.5. The molecule has 0 aliphatic carbocycles. The molecule has 1 radical (unpaired) electrons. The number of carboxylic acids is 6. The number of rotatable bonds is 38. The molecule has 4 heterocycles. The van der Waals surface area contributed by atoms with E-state index in [1.807, 2.05) is 36.2 Å². The number of aliphatic carboxylic acids is 6. The van der Waals surface area contributed by atoms with Crippen LogP contribution < -0.4 is 36.8 Å². The maximum Gasteiger partial charge on any atom is 0.373 e. The van der Waals surface area contributed by atoms with Crippen LogP contribution in [0.1, 0.15) is 102 Å². The SMILES string of the molecule is CN1CCN(CC(=O)O)CCN(CC(=O)O)CCN(CC(=O)O)C(Cc2ccc(Nc3nc(N4CCN(CCCN)CC4)nc(N4CCN(CCCCCCCCCCC(=O)NCCCC[C@H](NC(=O)N[C@@H](CCC(=O)O)C(=O)O)C(=O)O)CC4)n3)cc2)C1.O=C=O.[Lu]. The number of carbonyl (C=O) groups excluding carboxylic acids is 4. The molecule has 0 saturated carbocycles. The van der Waals surface area contributed by atoms with Crippen molar-refractivity contribution in [3.05, 3.63) is 29.8 Å². The van der Waals surface area contributed by atoms with Crippen LogP contribution in [0, 0.1) is 36.9 Å². The third kappa shape index (κ3) is 34.0. The summed E-state index contributed by atoms with van der Waals surface area (Å²) >= 11 is 0. The molecule has 0 bridgehead atoms. The predicted molar refractivity (Wildman–Crippen MR) is 338 cm³/mol. The van der Waals surface area contributed by atoms with Gasteiger partial charge in [0, 0.05) is 166 Å². The fraction of sp³-hybridized carbons (Fsp3) is 0.700. The minimum Gasteiger partial charge on any atom is -0.481 e. The van der Waals surface area contributed by atoms with Gasteiger partial charge in [-0.3, -0.25) is 48.5 Å². The van der Waals surface area contributed by atoms with Crippen LogP contribution in [0.25, 0.3) is 0 Å². The van der Waals surface area contributed by atoms with E-state index in [1.165, 1.54) is 0 Å². The molecule has 3 aliphatic heterocycles. The van der Waals surface area contributed by atoms with E-state index in [9.17, 15) is 63.9 Å². The van der Waals surface area contributed by atoms with E-state index in [0.29, 0.717) is 102 Å². The average molecular weight is 1470 g/mol. The molecule has 32 nitrogen and oxygen atoms in total. The first-order valence-electron chi connectivity index (χ1n) is 31.9. The number of nitrogens with zero attached hydrogens (tertiary/aromatic N) is 11. The van der Waals surface area contributed by atoms with Crippen LogP contribution in [0.4, 0.5) is 28.3 Å². The summed E-state index contributed by atoms with van der Waals surface area (Å²) < 4.78 is 0. The molecule has 1 aromatic heterocycles. The number of carboxylic acid groups (broad SMARTS) is 6. The van der Waals surface area contributed by atoms with Gasteiger partial charge in [0.2, 0.25) is 23.8 Å². The van der Waals surface area contributed by atoms with Crippen LogP contribution in [0.5, 0.6) is 0 Å². The number of hydrogen-bond acceptors (Lipinski definition) is 23. The van der Waals surface area contributed by atoms with E-state index < -0.39 is 60.4 Å². The van der Waals surface area contributed by atoms with Crippen LogP contribution in [-0.4, -0.2) is 298 Å². The van der Waals surface area contributed by atoms with Crippen molar-refractivity contribution in [1.29, 1.82) is 0 Å². The molecule has 3 atom stereocenters. The molecular weight excluding hydrogens is 1380 g/mol. The van der Waals surface area contributed by atoms with Crippen LogP contribution in [0.2, 0.25) is 0 Å². The molecule has 3 fully saturated rings. The number of aromatic nitrogens is 3. The van der Waals surface area contributed by atoms with Crippen molar-refractivity contribution in [1.82, 2.24) is 60.3 Å². The van der Waals surface area contributed by atoms with Crippen LogP contribution in [0.3, 0.4) is 0 Å². The third-order valence-electron chi connectivity index (χ3n) is 16.3. The van der Waals surface area contributed by atoms with Gasteiger partial charge in [-0.25, -0.2) is 14.4 Å². The second kappa shape index (κ2) is 45.8. The molecule has 1 aromatic carbocycles. The van der Waals surface area contributed by atoms with Crippen molar-refractivity contribution in [2.24, 2.45) is 5.73 Å². The summed E-state index contributed by atoms with van der Waals surface area (Å²) in [5.41, 5.74) is 7.56. The number of piperazine rings is 2. The van der Waals surface area contributed by atoms with Gasteiger partial charge in [0.1, 0.15) is 12.1 Å². The van der Waals surface area contributed by atoms with Gasteiger partial charge in [-0.2, -0.15) is 24.5 Å². The monoisotopic (exact) mass is 1470 g/mol. The zero-order chi connectivity index (χ0) is 67.2. The molecule has 2 aromatic rings. The van der Waals surface area contributed by atoms with Crippen molar-refractivity contribution < 1.29 is 115 Å². The summed E-state index contributed by atoms with van der Waals surface area (Å²) in [6.07, 6.45) is 10.6. The molecule has 3 saturated heterocycles. The number of carbonyl (C=O) groups is 8. The Morgan fingerprint density at radius 2 is 1.02 bits per heavy atom. The van der Waals surface area contributed by atoms with Gasteiger partial charge in [0.25, 0.3) is 0 Å². The molecule has 12 N–H and O–H groups in total. The largest absolute Gasteiger partial charge is 0.481 e. The van der Waals surface area contributed by atoms with Gasteiger partial charge >= 0.3 is 48.0 Å². The maximum atomic E-state index is 12.4. The van der Waals surface area contributed by atoms with Crippen molar-refractivity contribution in [2.45, 2.75) is 121 Å². The standard InChI is InChI=1S/C59H98N16O14.CO2.Lu/c1-68-25-26-71(41-51(79)80)27-28-72(42-52(81)82)33-38-75(43-53(83)84)46(40-68)39-44-15-17-45(18-16-44)62-56-65-57(67-58(66-56)74-36-31-70(32-37-74)24-12-21-60)73-34-29-69(30-35-73)23-11-7-5-3-2-4-6-8-14-49(76)61-22-10-9-13-47(54(85)86)63-59(89)64-48(55(87)88)19-20-50(77)78;2-1-3;/h15-18,46-48H,2-14,19-43,60H2,1H3,(H,61,76)(H,77,78)(H,79,80)(H,81,82)(H,83,84)(H,85,86)(H,87,88)(H2,63,64,89)(H,62,65,66,67);;/t46?,47-,48-;;/m0../s1. The summed E-state index contributed by atoms with van der Waals surface area (Å²) in [5.74, 6) is -5.32. The fourth-order valence-electron chi connectivity index (χ4n) is 11.2. The number of urea groups is 1. The summed E-state index contributed by atoms with van der Waals surface area (Å²) in [4.78, 5) is 142. The van der Waals surface area contributed by atoms with E-state index >= 15 is 0 Å². The van der Waals surface area contributed by atoms with Crippen molar-refractivity contribution in [3.8, 4) is 0 Å². The first kappa shape index (κ1) is 80.8. The summed E-state index contributed by atoms with van der Waals surface area (Å²) in [6.45, 7) is 11.7. The smallest absolute Gasteiger partial charge is 0.373 e. The number of benzene rings is 1. The molecule has 3 amide bonds. The average Bonchev–Trinajstić information content (AvgIpc) is 0.925. The molecule has 3 aliphatic rings. The van der Waals surface area contributed by atoms with Gasteiger partial charge in [-0.05, 0) is 95.7 Å². The van der Waals surface area contributed by atoms with E-state index in [-0.39, 0.29) is 87.5 Å². The Labute approximate surface area is 572 Å².